The van der Waals surface area contributed by atoms with E-state index in [1.54, 1.807) is 30.5 Å². The van der Waals surface area contributed by atoms with Crippen LogP contribution in [0.1, 0.15) is 16.0 Å². The van der Waals surface area contributed by atoms with Gasteiger partial charge in [-0.05, 0) is 48.6 Å². The van der Waals surface area contributed by atoms with Crippen molar-refractivity contribution in [3.63, 3.8) is 0 Å². The summed E-state index contributed by atoms with van der Waals surface area (Å²) in [5.74, 6) is 0.371. The minimum absolute atomic E-state index is 0.210. The van der Waals surface area contributed by atoms with Gasteiger partial charge in [0.2, 0.25) is 10.0 Å². The van der Waals surface area contributed by atoms with E-state index in [4.69, 9.17) is 4.74 Å². The highest BCUT2D eigenvalue weighted by Crippen LogP contribution is 2.29. The Morgan fingerprint density at radius 2 is 1.95 bits per heavy atom. The largest absolute Gasteiger partial charge is 0.495 e. The zero-order chi connectivity index (χ0) is 15.6. The van der Waals surface area contributed by atoms with E-state index in [0.29, 0.717) is 12.3 Å². The number of rotatable bonds is 5. The van der Waals surface area contributed by atoms with Crippen molar-refractivity contribution in [1.29, 1.82) is 0 Å². The minimum Gasteiger partial charge on any atom is -0.495 e. The molecule has 2 rings (SSSR count). The molecular formula is C15H19NO3S2. The highest BCUT2D eigenvalue weighted by atomic mass is 32.2. The molecular weight excluding hydrogens is 306 g/mol. The zero-order valence-electron chi connectivity index (χ0n) is 12.6. The van der Waals surface area contributed by atoms with Gasteiger partial charge in [0.15, 0.2) is 0 Å². The smallest absolute Gasteiger partial charge is 0.246 e. The summed E-state index contributed by atoms with van der Waals surface area (Å²) in [6, 6.07) is 7.16. The first-order valence-corrected chi connectivity index (χ1v) is 8.82. The third-order valence-electron chi connectivity index (χ3n) is 3.34. The fourth-order valence-corrected chi connectivity index (χ4v) is 4.42. The van der Waals surface area contributed by atoms with Gasteiger partial charge in [0.1, 0.15) is 10.6 Å². The number of aryl methyl sites for hydroxylation is 2. The Morgan fingerprint density at radius 1 is 1.24 bits per heavy atom. The number of ether oxygens (including phenoxy) is 1. The van der Waals surface area contributed by atoms with E-state index in [1.807, 2.05) is 31.4 Å². The Morgan fingerprint density at radius 3 is 2.52 bits per heavy atom. The second-order valence-corrected chi connectivity index (χ2v) is 7.96. The summed E-state index contributed by atoms with van der Waals surface area (Å²) in [6.45, 7) is 4.21. The van der Waals surface area contributed by atoms with Crippen LogP contribution in [-0.2, 0) is 16.6 Å². The van der Waals surface area contributed by atoms with Gasteiger partial charge in [0.05, 0.1) is 7.11 Å². The first-order chi connectivity index (χ1) is 9.86. The van der Waals surface area contributed by atoms with Crippen LogP contribution in [-0.4, -0.2) is 26.9 Å². The van der Waals surface area contributed by atoms with Crippen LogP contribution in [0.5, 0.6) is 5.75 Å². The van der Waals surface area contributed by atoms with Crippen molar-refractivity contribution in [2.24, 2.45) is 0 Å². The second kappa shape index (κ2) is 6.17. The fourth-order valence-electron chi connectivity index (χ4n) is 2.01. The van der Waals surface area contributed by atoms with Gasteiger partial charge in [-0.3, -0.25) is 0 Å². The molecule has 4 nitrogen and oxygen atoms in total. The number of benzene rings is 1. The van der Waals surface area contributed by atoms with E-state index >= 15 is 0 Å². The van der Waals surface area contributed by atoms with Crippen LogP contribution in [0.3, 0.4) is 0 Å². The molecule has 0 saturated heterocycles. The first kappa shape index (κ1) is 16.0. The van der Waals surface area contributed by atoms with Crippen LogP contribution >= 0.6 is 11.3 Å². The van der Waals surface area contributed by atoms with Crippen molar-refractivity contribution in [2.45, 2.75) is 25.3 Å². The van der Waals surface area contributed by atoms with Crippen molar-refractivity contribution >= 4 is 21.4 Å². The third-order valence-corrected chi connectivity index (χ3v) is 6.17. The van der Waals surface area contributed by atoms with Crippen LogP contribution in [0.4, 0.5) is 0 Å². The zero-order valence-corrected chi connectivity index (χ0v) is 14.2. The molecule has 0 fully saturated rings. The van der Waals surface area contributed by atoms with Crippen LogP contribution in [0.25, 0.3) is 0 Å². The lowest BCUT2D eigenvalue weighted by Crippen LogP contribution is -2.26. The summed E-state index contributed by atoms with van der Waals surface area (Å²) in [5.41, 5.74) is 1.99. The van der Waals surface area contributed by atoms with Gasteiger partial charge in [-0.15, -0.1) is 11.3 Å². The lowest BCUT2D eigenvalue weighted by atomic mass is 10.2. The molecule has 114 valence electrons. The Hall–Kier alpha value is -1.37. The van der Waals surface area contributed by atoms with Crippen LogP contribution in [0.15, 0.2) is 34.5 Å². The lowest BCUT2D eigenvalue weighted by molar-refractivity contribution is 0.397. The maximum atomic E-state index is 12.8. The van der Waals surface area contributed by atoms with Crippen LogP contribution < -0.4 is 4.74 Å². The van der Waals surface area contributed by atoms with Gasteiger partial charge >= 0.3 is 0 Å². The molecule has 0 saturated carbocycles. The predicted octanol–water partition coefficient (Wildman–Crippen LogP) is 3.19. The van der Waals surface area contributed by atoms with Crippen molar-refractivity contribution < 1.29 is 13.2 Å². The molecule has 0 aliphatic carbocycles. The van der Waals surface area contributed by atoms with E-state index < -0.39 is 10.0 Å². The van der Waals surface area contributed by atoms with Gasteiger partial charge in [-0.25, -0.2) is 8.42 Å². The maximum absolute atomic E-state index is 12.8. The van der Waals surface area contributed by atoms with Gasteiger partial charge in [0.25, 0.3) is 0 Å². The van der Waals surface area contributed by atoms with Crippen molar-refractivity contribution in [2.75, 3.05) is 14.2 Å². The lowest BCUT2D eigenvalue weighted by Gasteiger charge is -2.19. The predicted molar refractivity (Wildman–Crippen MR) is 85.4 cm³/mol. The molecule has 0 radical (unpaired) electrons. The van der Waals surface area contributed by atoms with E-state index in [1.165, 1.54) is 11.4 Å². The Bertz CT molecular complexity index is 735. The molecule has 1 heterocycles. The monoisotopic (exact) mass is 325 g/mol. The van der Waals surface area contributed by atoms with E-state index in [2.05, 4.69) is 0 Å². The summed E-state index contributed by atoms with van der Waals surface area (Å²) in [4.78, 5) is 1.26. The molecule has 0 unspecified atom stereocenters. The van der Waals surface area contributed by atoms with Crippen molar-refractivity contribution in [1.82, 2.24) is 4.31 Å². The highest BCUT2D eigenvalue weighted by molar-refractivity contribution is 7.89. The van der Waals surface area contributed by atoms with Gasteiger partial charge in [-0.1, -0.05) is 6.07 Å². The summed E-state index contributed by atoms with van der Waals surface area (Å²) < 4.78 is 32.1. The molecule has 21 heavy (non-hydrogen) atoms. The Kier molecular flexibility index (Phi) is 4.70. The topological polar surface area (TPSA) is 46.6 Å². The Balaban J connectivity index is 2.37. The molecule has 0 aliphatic heterocycles. The molecule has 0 bridgehead atoms. The van der Waals surface area contributed by atoms with Crippen molar-refractivity contribution in [3.8, 4) is 5.75 Å². The normalized spacial score (nSPS) is 11.9. The maximum Gasteiger partial charge on any atom is 0.246 e. The van der Waals surface area contributed by atoms with E-state index in [9.17, 15) is 8.42 Å². The molecule has 6 heteroatoms. The van der Waals surface area contributed by atoms with Crippen LogP contribution in [0.2, 0.25) is 0 Å². The van der Waals surface area contributed by atoms with Gasteiger partial charge in [0, 0.05) is 18.5 Å². The second-order valence-electron chi connectivity index (χ2n) is 4.94. The third kappa shape index (κ3) is 3.28. The summed E-state index contributed by atoms with van der Waals surface area (Å²) in [5, 5.41) is 1.97. The quantitative estimate of drug-likeness (QED) is 0.848. The van der Waals surface area contributed by atoms with Gasteiger partial charge < -0.3 is 4.74 Å². The van der Waals surface area contributed by atoms with Gasteiger partial charge in [-0.2, -0.15) is 4.31 Å². The van der Waals surface area contributed by atoms with E-state index in [0.717, 1.165) is 16.0 Å². The molecule has 1 aromatic heterocycles. The average molecular weight is 325 g/mol. The number of hydrogen-bond donors (Lipinski definition) is 0. The highest BCUT2D eigenvalue weighted by Gasteiger charge is 2.25. The number of methoxy groups -OCH3 is 1. The average Bonchev–Trinajstić information content (AvgIpc) is 2.84. The molecule has 0 spiro atoms. The summed E-state index contributed by atoms with van der Waals surface area (Å²) in [6.07, 6.45) is 0. The minimum atomic E-state index is -3.58. The summed E-state index contributed by atoms with van der Waals surface area (Å²) >= 11 is 1.56. The number of sulfonamides is 1. The number of thiophene rings is 1. The molecule has 1 aromatic carbocycles. The number of nitrogens with zero attached hydrogens (tertiary/aromatic N) is 1. The molecule has 0 amide bonds. The molecule has 0 N–H and O–H groups in total. The number of hydrogen-bond acceptors (Lipinski definition) is 4. The SMILES string of the molecule is COc1ccc(C)cc1S(=O)(=O)N(C)Cc1sccc1C. The summed E-state index contributed by atoms with van der Waals surface area (Å²) in [7, 11) is -0.509. The fraction of sp³-hybridized carbons (Fsp3) is 0.333. The Labute approximate surface area is 130 Å². The molecule has 2 aromatic rings. The molecule has 0 aliphatic rings. The van der Waals surface area contributed by atoms with Crippen molar-refractivity contribution in [3.05, 3.63) is 45.6 Å². The standard InChI is InChI=1S/C15H19NO3S2/c1-11-5-6-13(19-4)15(9-11)21(17,18)16(3)10-14-12(2)7-8-20-14/h5-9H,10H2,1-4H3. The van der Waals surface area contributed by atoms with E-state index in [-0.39, 0.29) is 4.90 Å². The molecule has 0 atom stereocenters. The first-order valence-electron chi connectivity index (χ1n) is 6.50. The van der Waals surface area contributed by atoms with Crippen LogP contribution in [0, 0.1) is 13.8 Å².